The topological polar surface area (TPSA) is 47.0 Å². The summed E-state index contributed by atoms with van der Waals surface area (Å²) in [5.41, 5.74) is 1.41. The Labute approximate surface area is 120 Å². The van der Waals surface area contributed by atoms with Gasteiger partial charge in [0, 0.05) is 10.9 Å². The number of anilines is 1. The number of aromatic nitrogens is 2. The Balaban J connectivity index is 1.75. The maximum atomic E-state index is 13.8. The Morgan fingerprint density at radius 2 is 2.00 bits per heavy atom. The van der Waals surface area contributed by atoms with Crippen LogP contribution in [0.5, 0.6) is 5.75 Å². The zero-order valence-electron chi connectivity index (χ0n) is 11.1. The summed E-state index contributed by atoms with van der Waals surface area (Å²) in [6, 6.07) is 12.7. The fraction of sp³-hybridized carbons (Fsp3) is 0.125. The van der Waals surface area contributed by atoms with Crippen LogP contribution >= 0.6 is 0 Å². The summed E-state index contributed by atoms with van der Waals surface area (Å²) in [5, 5.41) is 3.99. The number of ether oxygens (including phenoxy) is 1. The van der Waals surface area contributed by atoms with Crippen LogP contribution in [0.15, 0.2) is 48.8 Å². The van der Waals surface area contributed by atoms with Crippen molar-refractivity contribution in [1.29, 1.82) is 0 Å². The molecule has 0 radical (unpaired) electrons. The van der Waals surface area contributed by atoms with Gasteiger partial charge in [-0.05, 0) is 18.2 Å². The SMILES string of the molecule is Fc1cccc2c(NC3COc4ccccc43)ncnc12. The highest BCUT2D eigenvalue weighted by molar-refractivity contribution is 5.89. The molecule has 2 aromatic carbocycles. The molecule has 0 bridgehead atoms. The van der Waals surface area contributed by atoms with Crippen LogP contribution in [-0.2, 0) is 0 Å². The maximum Gasteiger partial charge on any atom is 0.149 e. The van der Waals surface area contributed by atoms with Gasteiger partial charge < -0.3 is 10.1 Å². The van der Waals surface area contributed by atoms with Crippen LogP contribution in [0.4, 0.5) is 10.2 Å². The van der Waals surface area contributed by atoms with Crippen LogP contribution in [-0.4, -0.2) is 16.6 Å². The van der Waals surface area contributed by atoms with Crippen LogP contribution in [0.25, 0.3) is 10.9 Å². The third kappa shape index (κ3) is 1.98. The first-order chi connectivity index (χ1) is 10.3. The average molecular weight is 281 g/mol. The van der Waals surface area contributed by atoms with Crippen molar-refractivity contribution in [2.45, 2.75) is 6.04 Å². The van der Waals surface area contributed by atoms with Crippen molar-refractivity contribution in [3.63, 3.8) is 0 Å². The van der Waals surface area contributed by atoms with Crippen LogP contribution in [0.3, 0.4) is 0 Å². The van der Waals surface area contributed by atoms with Crippen molar-refractivity contribution in [3.8, 4) is 5.75 Å². The molecule has 0 fully saturated rings. The van der Waals surface area contributed by atoms with Gasteiger partial charge in [0.25, 0.3) is 0 Å². The summed E-state index contributed by atoms with van der Waals surface area (Å²) in [7, 11) is 0. The largest absolute Gasteiger partial charge is 0.491 e. The molecule has 4 nitrogen and oxygen atoms in total. The first-order valence-electron chi connectivity index (χ1n) is 6.70. The van der Waals surface area contributed by atoms with Crippen molar-refractivity contribution in [2.24, 2.45) is 0 Å². The van der Waals surface area contributed by atoms with E-state index in [0.717, 1.165) is 11.3 Å². The van der Waals surface area contributed by atoms with Crippen molar-refractivity contribution in [2.75, 3.05) is 11.9 Å². The molecule has 21 heavy (non-hydrogen) atoms. The standard InChI is InChI=1S/C16H12FN3O/c17-12-6-3-5-11-15(12)18-9-19-16(11)20-13-8-21-14-7-2-1-4-10(13)14/h1-7,9,13H,8H2,(H,18,19,20). The molecule has 104 valence electrons. The molecule has 1 aromatic heterocycles. The van der Waals surface area contributed by atoms with E-state index in [1.807, 2.05) is 30.3 Å². The smallest absolute Gasteiger partial charge is 0.149 e. The van der Waals surface area contributed by atoms with E-state index in [0.29, 0.717) is 23.3 Å². The van der Waals surface area contributed by atoms with Gasteiger partial charge in [-0.15, -0.1) is 0 Å². The van der Waals surface area contributed by atoms with Crippen LogP contribution in [0.1, 0.15) is 11.6 Å². The van der Waals surface area contributed by atoms with Gasteiger partial charge in [0.15, 0.2) is 0 Å². The molecular formula is C16H12FN3O. The minimum Gasteiger partial charge on any atom is -0.491 e. The van der Waals surface area contributed by atoms with E-state index < -0.39 is 0 Å². The summed E-state index contributed by atoms with van der Waals surface area (Å²) in [6.45, 7) is 0.528. The Morgan fingerprint density at radius 1 is 1.10 bits per heavy atom. The number of hydrogen-bond donors (Lipinski definition) is 1. The van der Waals surface area contributed by atoms with Gasteiger partial charge in [-0.2, -0.15) is 0 Å². The van der Waals surface area contributed by atoms with Gasteiger partial charge in [0.1, 0.15) is 35.8 Å². The van der Waals surface area contributed by atoms with Crippen molar-refractivity contribution in [1.82, 2.24) is 9.97 Å². The first kappa shape index (κ1) is 12.1. The number of fused-ring (bicyclic) bond motifs is 2. The van der Waals surface area contributed by atoms with E-state index in [2.05, 4.69) is 15.3 Å². The highest BCUT2D eigenvalue weighted by Gasteiger charge is 2.24. The molecule has 3 aromatic rings. The predicted octanol–water partition coefficient (Wildman–Crippen LogP) is 3.31. The summed E-state index contributed by atoms with van der Waals surface area (Å²) in [5.74, 6) is 1.14. The van der Waals surface area contributed by atoms with Gasteiger partial charge >= 0.3 is 0 Å². The maximum absolute atomic E-state index is 13.8. The normalized spacial score (nSPS) is 16.5. The molecule has 2 heterocycles. The molecule has 0 amide bonds. The zero-order chi connectivity index (χ0) is 14.2. The quantitative estimate of drug-likeness (QED) is 0.782. The zero-order valence-corrected chi connectivity index (χ0v) is 11.1. The number of benzene rings is 2. The summed E-state index contributed by atoms with van der Waals surface area (Å²) in [4.78, 5) is 8.24. The monoisotopic (exact) mass is 281 g/mol. The lowest BCUT2D eigenvalue weighted by Gasteiger charge is -2.14. The predicted molar refractivity (Wildman–Crippen MR) is 77.8 cm³/mol. The molecule has 5 heteroatoms. The van der Waals surface area contributed by atoms with Crippen molar-refractivity contribution in [3.05, 3.63) is 60.2 Å². The second-order valence-corrected chi connectivity index (χ2v) is 4.90. The van der Waals surface area contributed by atoms with E-state index in [1.54, 1.807) is 6.07 Å². The van der Waals surface area contributed by atoms with Crippen LogP contribution < -0.4 is 10.1 Å². The van der Waals surface area contributed by atoms with E-state index in [4.69, 9.17) is 4.74 Å². The number of nitrogens with one attached hydrogen (secondary N) is 1. The van der Waals surface area contributed by atoms with E-state index in [-0.39, 0.29) is 11.9 Å². The molecule has 1 N–H and O–H groups in total. The minimum atomic E-state index is -0.346. The lowest BCUT2D eigenvalue weighted by molar-refractivity contribution is 0.339. The van der Waals surface area contributed by atoms with E-state index in [9.17, 15) is 4.39 Å². The van der Waals surface area contributed by atoms with Gasteiger partial charge in [0.05, 0.1) is 6.04 Å². The Morgan fingerprint density at radius 3 is 2.95 bits per heavy atom. The van der Waals surface area contributed by atoms with E-state index in [1.165, 1.54) is 12.4 Å². The van der Waals surface area contributed by atoms with Gasteiger partial charge in [-0.3, -0.25) is 0 Å². The first-order valence-corrected chi connectivity index (χ1v) is 6.70. The highest BCUT2D eigenvalue weighted by atomic mass is 19.1. The van der Waals surface area contributed by atoms with E-state index >= 15 is 0 Å². The number of hydrogen-bond acceptors (Lipinski definition) is 4. The van der Waals surface area contributed by atoms with Crippen LogP contribution in [0.2, 0.25) is 0 Å². The molecule has 0 spiro atoms. The third-order valence-corrected chi connectivity index (χ3v) is 3.63. The van der Waals surface area contributed by atoms with Crippen LogP contribution in [0, 0.1) is 5.82 Å². The summed E-state index contributed by atoms with van der Waals surface area (Å²) < 4.78 is 19.4. The number of nitrogens with zero attached hydrogens (tertiary/aromatic N) is 2. The molecule has 1 aliphatic rings. The summed E-state index contributed by atoms with van der Waals surface area (Å²) >= 11 is 0. The van der Waals surface area contributed by atoms with Crippen molar-refractivity contribution < 1.29 is 9.13 Å². The molecule has 0 aliphatic carbocycles. The highest BCUT2D eigenvalue weighted by Crippen LogP contribution is 2.34. The molecule has 1 atom stereocenters. The molecule has 0 saturated heterocycles. The molecule has 1 aliphatic heterocycles. The minimum absolute atomic E-state index is 0.00238. The second-order valence-electron chi connectivity index (χ2n) is 4.90. The number of para-hydroxylation sites is 2. The molecular weight excluding hydrogens is 269 g/mol. The fourth-order valence-corrected chi connectivity index (χ4v) is 2.61. The Hall–Kier alpha value is -2.69. The van der Waals surface area contributed by atoms with Gasteiger partial charge in [0.2, 0.25) is 0 Å². The van der Waals surface area contributed by atoms with Gasteiger partial charge in [-0.1, -0.05) is 24.3 Å². The van der Waals surface area contributed by atoms with Gasteiger partial charge in [-0.25, -0.2) is 14.4 Å². The fourth-order valence-electron chi connectivity index (χ4n) is 2.61. The Kier molecular flexibility index (Phi) is 2.70. The average Bonchev–Trinajstić information content (AvgIpc) is 2.92. The lowest BCUT2D eigenvalue weighted by atomic mass is 10.1. The lowest BCUT2D eigenvalue weighted by Crippen LogP contribution is -2.13. The van der Waals surface area contributed by atoms with Crippen molar-refractivity contribution >= 4 is 16.7 Å². The Bertz CT molecular complexity index is 821. The third-order valence-electron chi connectivity index (χ3n) is 3.63. The second kappa shape index (κ2) is 4.70. The molecule has 1 unspecified atom stereocenters. The molecule has 0 saturated carbocycles. The number of halogens is 1. The molecule has 4 rings (SSSR count). The summed E-state index contributed by atoms with van der Waals surface area (Å²) in [6.07, 6.45) is 1.37. The number of rotatable bonds is 2.